The Morgan fingerprint density at radius 3 is 2.94 bits per heavy atom. The number of aryl methyl sites for hydroxylation is 1. The summed E-state index contributed by atoms with van der Waals surface area (Å²) in [7, 11) is 1.99. The Labute approximate surface area is 101 Å². The highest BCUT2D eigenvalue weighted by Crippen LogP contribution is 2.32. The molecule has 0 aliphatic carbocycles. The minimum absolute atomic E-state index is 0.532. The van der Waals surface area contributed by atoms with Gasteiger partial charge in [-0.2, -0.15) is 0 Å². The maximum atomic E-state index is 4.16. The van der Waals surface area contributed by atoms with Gasteiger partial charge in [-0.3, -0.25) is 0 Å². The second kappa shape index (κ2) is 3.87. The summed E-state index contributed by atoms with van der Waals surface area (Å²) in [5.41, 5.74) is 2.77. The van der Waals surface area contributed by atoms with Crippen LogP contribution in [0.2, 0.25) is 0 Å². The van der Waals surface area contributed by atoms with Crippen LogP contribution < -0.4 is 4.90 Å². The summed E-state index contributed by atoms with van der Waals surface area (Å²) >= 11 is 0. The van der Waals surface area contributed by atoms with Crippen LogP contribution in [-0.2, 0) is 20.0 Å². The Hall–Kier alpha value is -1.84. The Morgan fingerprint density at radius 2 is 2.18 bits per heavy atom. The highest BCUT2D eigenvalue weighted by molar-refractivity contribution is 5.59. The van der Waals surface area contributed by atoms with Gasteiger partial charge in [-0.05, 0) is 25.0 Å². The molecule has 1 aromatic heterocycles. The zero-order valence-corrected chi connectivity index (χ0v) is 10.2. The minimum Gasteiger partial charge on any atom is -0.361 e. The maximum absolute atomic E-state index is 4.16. The van der Waals surface area contributed by atoms with E-state index in [1.54, 1.807) is 6.33 Å². The zero-order chi connectivity index (χ0) is 11.8. The zero-order valence-electron chi connectivity index (χ0n) is 10.2. The molecule has 0 fully saturated rings. The summed E-state index contributed by atoms with van der Waals surface area (Å²) in [6.07, 6.45) is 2.87. The quantitative estimate of drug-likeness (QED) is 0.785. The third-order valence-electron chi connectivity index (χ3n) is 3.47. The van der Waals surface area contributed by atoms with E-state index in [0.717, 1.165) is 18.8 Å². The van der Waals surface area contributed by atoms with E-state index in [-0.39, 0.29) is 0 Å². The van der Waals surface area contributed by atoms with Crippen molar-refractivity contribution >= 4 is 5.69 Å². The van der Waals surface area contributed by atoms with Gasteiger partial charge in [0.05, 0.1) is 6.54 Å². The van der Waals surface area contributed by atoms with Gasteiger partial charge in [0.15, 0.2) is 5.82 Å². The van der Waals surface area contributed by atoms with Crippen molar-refractivity contribution in [3.05, 3.63) is 42.0 Å². The Kier molecular flexibility index (Phi) is 2.35. The van der Waals surface area contributed by atoms with E-state index in [1.165, 1.54) is 11.3 Å². The summed E-state index contributed by atoms with van der Waals surface area (Å²) in [4.78, 5) is 2.40. The summed E-state index contributed by atoms with van der Waals surface area (Å²) in [6.45, 7) is 3.09. The molecule has 1 aromatic carbocycles. The van der Waals surface area contributed by atoms with E-state index < -0.39 is 0 Å². The third-order valence-corrected chi connectivity index (χ3v) is 3.47. The molecule has 4 nitrogen and oxygen atoms in total. The predicted octanol–water partition coefficient (Wildman–Crippen LogP) is 1.77. The van der Waals surface area contributed by atoms with Crippen LogP contribution in [0.3, 0.4) is 0 Å². The first-order chi connectivity index (χ1) is 8.25. The van der Waals surface area contributed by atoms with Crippen molar-refractivity contribution < 1.29 is 0 Å². The molecule has 0 bridgehead atoms. The highest BCUT2D eigenvalue weighted by Gasteiger charge is 2.26. The summed E-state index contributed by atoms with van der Waals surface area (Å²) in [6, 6.07) is 9.14. The van der Waals surface area contributed by atoms with Crippen molar-refractivity contribution in [2.75, 3.05) is 4.90 Å². The highest BCUT2D eigenvalue weighted by atomic mass is 15.3. The van der Waals surface area contributed by atoms with Gasteiger partial charge >= 0.3 is 0 Å². The fourth-order valence-electron chi connectivity index (χ4n) is 2.47. The molecule has 1 aliphatic heterocycles. The third kappa shape index (κ3) is 1.69. The van der Waals surface area contributed by atoms with Crippen LogP contribution in [0, 0.1) is 0 Å². The number of hydrogen-bond acceptors (Lipinski definition) is 3. The molecule has 0 N–H and O–H groups in total. The molecule has 1 aliphatic rings. The lowest BCUT2D eigenvalue weighted by Gasteiger charge is -2.24. The van der Waals surface area contributed by atoms with Gasteiger partial charge in [-0.1, -0.05) is 18.2 Å². The maximum Gasteiger partial charge on any atom is 0.152 e. The number of para-hydroxylation sites is 1. The van der Waals surface area contributed by atoms with Crippen molar-refractivity contribution in [1.29, 1.82) is 0 Å². The van der Waals surface area contributed by atoms with Crippen molar-refractivity contribution in [2.45, 2.75) is 25.9 Å². The molecule has 0 saturated heterocycles. The van der Waals surface area contributed by atoms with Crippen LogP contribution in [0.15, 0.2) is 30.6 Å². The second-order valence-corrected chi connectivity index (χ2v) is 4.67. The van der Waals surface area contributed by atoms with Gasteiger partial charge in [0, 0.05) is 18.8 Å². The van der Waals surface area contributed by atoms with Crippen LogP contribution in [0.4, 0.5) is 5.69 Å². The van der Waals surface area contributed by atoms with E-state index in [9.17, 15) is 0 Å². The molecule has 0 radical (unpaired) electrons. The molecule has 17 heavy (non-hydrogen) atoms. The molecule has 1 unspecified atom stereocenters. The molecule has 88 valence electrons. The fourth-order valence-corrected chi connectivity index (χ4v) is 2.47. The van der Waals surface area contributed by atoms with E-state index in [4.69, 9.17) is 0 Å². The lowest BCUT2D eigenvalue weighted by atomic mass is 10.1. The number of aromatic nitrogens is 3. The van der Waals surface area contributed by atoms with Gasteiger partial charge in [-0.25, -0.2) is 0 Å². The van der Waals surface area contributed by atoms with E-state index >= 15 is 0 Å². The van der Waals surface area contributed by atoms with Crippen LogP contribution in [0.25, 0.3) is 0 Å². The monoisotopic (exact) mass is 228 g/mol. The second-order valence-electron chi connectivity index (χ2n) is 4.67. The number of rotatable bonds is 2. The minimum atomic E-state index is 0.532. The van der Waals surface area contributed by atoms with E-state index in [1.807, 2.05) is 11.6 Å². The van der Waals surface area contributed by atoms with Crippen molar-refractivity contribution in [3.63, 3.8) is 0 Å². The van der Waals surface area contributed by atoms with Crippen molar-refractivity contribution in [3.8, 4) is 0 Å². The standard InChI is InChI=1S/C13H16N4/c1-10-7-11-5-3-4-6-12(11)17(10)8-13-15-14-9-16(13)2/h3-6,9-10H,7-8H2,1-2H3. The first-order valence-corrected chi connectivity index (χ1v) is 5.93. The van der Waals surface area contributed by atoms with Crippen molar-refractivity contribution in [2.24, 2.45) is 7.05 Å². The van der Waals surface area contributed by atoms with Gasteiger partial charge in [0.25, 0.3) is 0 Å². The van der Waals surface area contributed by atoms with E-state index in [2.05, 4.69) is 46.3 Å². The van der Waals surface area contributed by atoms with Crippen LogP contribution in [-0.4, -0.2) is 20.8 Å². The Bertz CT molecular complexity index is 532. The van der Waals surface area contributed by atoms with Crippen molar-refractivity contribution in [1.82, 2.24) is 14.8 Å². The first-order valence-electron chi connectivity index (χ1n) is 5.93. The average molecular weight is 228 g/mol. The summed E-state index contributed by atoms with van der Waals surface area (Å²) < 4.78 is 1.98. The summed E-state index contributed by atoms with van der Waals surface area (Å²) in [5.74, 6) is 1.01. The number of nitrogens with zero attached hydrogens (tertiary/aromatic N) is 4. The van der Waals surface area contributed by atoms with Gasteiger partial charge in [0.2, 0.25) is 0 Å². The van der Waals surface area contributed by atoms with Crippen LogP contribution in [0.1, 0.15) is 18.3 Å². The number of benzene rings is 1. The lowest BCUT2D eigenvalue weighted by molar-refractivity contribution is 0.638. The molecule has 0 spiro atoms. The molecule has 2 aromatic rings. The first kappa shape index (κ1) is 10.3. The largest absolute Gasteiger partial charge is 0.361 e. The molecule has 0 saturated carbocycles. The smallest absolute Gasteiger partial charge is 0.152 e. The summed E-state index contributed by atoms with van der Waals surface area (Å²) in [5, 5.41) is 8.09. The van der Waals surface area contributed by atoms with Gasteiger partial charge < -0.3 is 9.47 Å². The lowest BCUT2D eigenvalue weighted by Crippen LogP contribution is -2.29. The molecule has 1 atom stereocenters. The topological polar surface area (TPSA) is 34.0 Å². The molecule has 2 heterocycles. The molecule has 3 rings (SSSR count). The van der Waals surface area contributed by atoms with Crippen LogP contribution in [0.5, 0.6) is 0 Å². The number of fused-ring (bicyclic) bond motifs is 1. The molecule has 0 amide bonds. The number of hydrogen-bond donors (Lipinski definition) is 0. The predicted molar refractivity (Wildman–Crippen MR) is 66.8 cm³/mol. The normalized spacial score (nSPS) is 18.5. The Morgan fingerprint density at radius 1 is 1.35 bits per heavy atom. The molecular formula is C13H16N4. The fraction of sp³-hybridized carbons (Fsp3) is 0.385. The number of anilines is 1. The molecular weight excluding hydrogens is 212 g/mol. The van der Waals surface area contributed by atoms with Gasteiger partial charge in [-0.15, -0.1) is 10.2 Å². The molecule has 4 heteroatoms. The van der Waals surface area contributed by atoms with Gasteiger partial charge in [0.1, 0.15) is 6.33 Å². The average Bonchev–Trinajstić information content (AvgIpc) is 2.85. The Balaban J connectivity index is 1.91. The van der Waals surface area contributed by atoms with Crippen LogP contribution >= 0.6 is 0 Å². The SMILES string of the molecule is CC1Cc2ccccc2N1Cc1nncn1C. The van der Waals surface area contributed by atoms with E-state index in [0.29, 0.717) is 6.04 Å².